The Morgan fingerprint density at radius 3 is 2.69 bits per heavy atom. The Morgan fingerprint density at radius 1 is 1.23 bits per heavy atom. The van der Waals surface area contributed by atoms with Crippen LogP contribution in [0.4, 0.5) is 5.82 Å². The monoisotopic (exact) mass is 368 g/mol. The molecule has 0 aliphatic carbocycles. The molecule has 0 radical (unpaired) electrons. The number of furan rings is 1. The fourth-order valence-corrected chi connectivity index (χ4v) is 3.90. The van der Waals surface area contributed by atoms with Crippen molar-refractivity contribution >= 4 is 23.1 Å². The summed E-state index contributed by atoms with van der Waals surface area (Å²) in [7, 11) is 0. The van der Waals surface area contributed by atoms with Crippen LogP contribution >= 0.6 is 11.3 Å². The van der Waals surface area contributed by atoms with E-state index in [1.54, 1.807) is 17.4 Å². The van der Waals surface area contributed by atoms with Crippen molar-refractivity contribution in [1.82, 2.24) is 14.9 Å². The summed E-state index contributed by atoms with van der Waals surface area (Å²) in [5, 5.41) is 3.11. The van der Waals surface area contributed by atoms with Gasteiger partial charge in [0.15, 0.2) is 0 Å². The molecule has 1 amide bonds. The maximum Gasteiger partial charge on any atom is 0.257 e. The van der Waals surface area contributed by atoms with Gasteiger partial charge in [0.05, 0.1) is 17.5 Å². The van der Waals surface area contributed by atoms with Crippen LogP contribution in [0.25, 0.3) is 10.6 Å². The number of aryl methyl sites for hydroxylation is 1. The van der Waals surface area contributed by atoms with Gasteiger partial charge in [-0.25, -0.2) is 9.97 Å². The molecule has 1 saturated heterocycles. The molecule has 4 heterocycles. The van der Waals surface area contributed by atoms with Crippen molar-refractivity contribution in [3.63, 3.8) is 0 Å². The van der Waals surface area contributed by atoms with Gasteiger partial charge in [-0.3, -0.25) is 4.79 Å². The molecule has 0 saturated carbocycles. The number of pyridine rings is 1. The van der Waals surface area contributed by atoms with E-state index in [1.165, 1.54) is 12.5 Å². The molecule has 0 aromatic carbocycles. The number of carbonyl (C=O) groups excluding carboxylic acids is 1. The molecule has 6 nitrogen and oxygen atoms in total. The van der Waals surface area contributed by atoms with Crippen LogP contribution in [0.1, 0.15) is 23.0 Å². The highest BCUT2D eigenvalue weighted by Gasteiger charge is 2.23. The van der Waals surface area contributed by atoms with E-state index in [1.807, 2.05) is 17.2 Å². The van der Waals surface area contributed by atoms with Gasteiger partial charge in [0, 0.05) is 43.3 Å². The lowest BCUT2D eigenvalue weighted by atomic mass is 10.2. The highest BCUT2D eigenvalue weighted by atomic mass is 32.1. The van der Waals surface area contributed by atoms with Crippen molar-refractivity contribution in [3.8, 4) is 10.6 Å². The highest BCUT2D eigenvalue weighted by molar-refractivity contribution is 7.13. The zero-order chi connectivity index (χ0) is 17.9. The van der Waals surface area contributed by atoms with Crippen molar-refractivity contribution in [2.75, 3.05) is 31.1 Å². The van der Waals surface area contributed by atoms with Crippen LogP contribution in [0.5, 0.6) is 0 Å². The standard InChI is InChI=1S/C19H20N4O2S/c1-2-16-13-26-18(21-16)14-3-4-17(20-11-14)22-6-8-23(9-7-22)19(24)15-5-10-25-12-15/h3-5,10-13H,2,6-9H2,1H3. The number of piperazine rings is 1. The summed E-state index contributed by atoms with van der Waals surface area (Å²) in [6.07, 6.45) is 5.86. The zero-order valence-corrected chi connectivity index (χ0v) is 15.4. The molecule has 0 spiro atoms. The van der Waals surface area contributed by atoms with Crippen molar-refractivity contribution in [2.45, 2.75) is 13.3 Å². The molecular weight excluding hydrogens is 348 g/mol. The van der Waals surface area contributed by atoms with Gasteiger partial charge < -0.3 is 14.2 Å². The van der Waals surface area contributed by atoms with Crippen LogP contribution in [0.15, 0.2) is 46.7 Å². The zero-order valence-electron chi connectivity index (χ0n) is 14.6. The Kier molecular flexibility index (Phi) is 4.71. The predicted octanol–water partition coefficient (Wildman–Crippen LogP) is 3.32. The van der Waals surface area contributed by atoms with E-state index >= 15 is 0 Å². The number of nitrogens with zero attached hydrogens (tertiary/aromatic N) is 4. The fourth-order valence-electron chi connectivity index (χ4n) is 3.01. The predicted molar refractivity (Wildman–Crippen MR) is 102 cm³/mol. The number of hydrogen-bond donors (Lipinski definition) is 0. The van der Waals surface area contributed by atoms with Crippen LogP contribution < -0.4 is 4.90 Å². The van der Waals surface area contributed by atoms with Gasteiger partial charge in [0.25, 0.3) is 5.91 Å². The summed E-state index contributed by atoms with van der Waals surface area (Å²) in [5.74, 6) is 0.966. The lowest BCUT2D eigenvalue weighted by Gasteiger charge is -2.35. The number of rotatable bonds is 4. The van der Waals surface area contributed by atoms with Gasteiger partial charge >= 0.3 is 0 Å². The fraction of sp³-hybridized carbons (Fsp3) is 0.316. The molecule has 1 aliphatic rings. The van der Waals surface area contributed by atoms with Gasteiger partial charge in [-0.05, 0) is 24.6 Å². The number of hydrogen-bond acceptors (Lipinski definition) is 6. The van der Waals surface area contributed by atoms with Crippen molar-refractivity contribution < 1.29 is 9.21 Å². The van der Waals surface area contributed by atoms with Gasteiger partial charge in [0.1, 0.15) is 17.1 Å². The van der Waals surface area contributed by atoms with Crippen molar-refractivity contribution in [3.05, 3.63) is 53.6 Å². The van der Waals surface area contributed by atoms with Crippen LogP contribution in [0, 0.1) is 0 Å². The first-order valence-corrected chi connectivity index (χ1v) is 9.60. The van der Waals surface area contributed by atoms with Crippen LogP contribution in [0.3, 0.4) is 0 Å². The van der Waals surface area contributed by atoms with E-state index in [0.717, 1.165) is 41.6 Å². The second-order valence-corrected chi connectivity index (χ2v) is 7.05. The molecule has 134 valence electrons. The number of carbonyl (C=O) groups is 1. The van der Waals surface area contributed by atoms with Gasteiger partial charge in [-0.15, -0.1) is 11.3 Å². The molecule has 0 N–H and O–H groups in total. The summed E-state index contributed by atoms with van der Waals surface area (Å²) in [4.78, 5) is 25.6. The maximum absolute atomic E-state index is 12.4. The summed E-state index contributed by atoms with van der Waals surface area (Å²) in [6.45, 7) is 5.01. The van der Waals surface area contributed by atoms with Gasteiger partial charge in [-0.1, -0.05) is 6.92 Å². The first-order chi connectivity index (χ1) is 12.7. The summed E-state index contributed by atoms with van der Waals surface area (Å²) in [5.41, 5.74) is 2.77. The Bertz CT molecular complexity index is 865. The van der Waals surface area contributed by atoms with E-state index < -0.39 is 0 Å². The number of thiazole rings is 1. The minimum atomic E-state index is 0.0252. The second-order valence-electron chi connectivity index (χ2n) is 6.19. The SMILES string of the molecule is CCc1csc(-c2ccc(N3CCN(C(=O)c4ccoc4)CC3)nc2)n1. The van der Waals surface area contributed by atoms with Gasteiger partial charge in [-0.2, -0.15) is 0 Å². The average Bonchev–Trinajstić information content (AvgIpc) is 3.40. The van der Waals surface area contributed by atoms with E-state index in [4.69, 9.17) is 4.42 Å². The molecule has 7 heteroatoms. The summed E-state index contributed by atoms with van der Waals surface area (Å²) < 4.78 is 5.00. The molecule has 4 rings (SSSR count). The molecule has 26 heavy (non-hydrogen) atoms. The molecular formula is C19H20N4O2S. The molecule has 3 aromatic heterocycles. The van der Waals surface area contributed by atoms with E-state index in [-0.39, 0.29) is 5.91 Å². The van der Waals surface area contributed by atoms with Crippen molar-refractivity contribution in [1.29, 1.82) is 0 Å². The lowest BCUT2D eigenvalue weighted by Crippen LogP contribution is -2.49. The van der Waals surface area contributed by atoms with Crippen LogP contribution in [0.2, 0.25) is 0 Å². The molecule has 1 aliphatic heterocycles. The van der Waals surface area contributed by atoms with E-state index in [2.05, 4.69) is 33.2 Å². The maximum atomic E-state index is 12.4. The third kappa shape index (κ3) is 3.35. The normalized spacial score (nSPS) is 14.7. The first kappa shape index (κ1) is 16.8. The Labute approximate surface area is 156 Å². The number of anilines is 1. The topological polar surface area (TPSA) is 62.5 Å². The lowest BCUT2D eigenvalue weighted by molar-refractivity contribution is 0.0746. The Hall–Kier alpha value is -2.67. The molecule has 3 aromatic rings. The summed E-state index contributed by atoms with van der Waals surface area (Å²) >= 11 is 1.65. The van der Waals surface area contributed by atoms with Crippen molar-refractivity contribution in [2.24, 2.45) is 0 Å². The Balaban J connectivity index is 1.39. The smallest absolute Gasteiger partial charge is 0.257 e. The molecule has 0 bridgehead atoms. The third-order valence-electron chi connectivity index (χ3n) is 4.57. The molecule has 0 unspecified atom stereocenters. The quantitative estimate of drug-likeness (QED) is 0.707. The largest absolute Gasteiger partial charge is 0.472 e. The minimum absolute atomic E-state index is 0.0252. The summed E-state index contributed by atoms with van der Waals surface area (Å²) in [6, 6.07) is 5.82. The van der Waals surface area contributed by atoms with Gasteiger partial charge in [0.2, 0.25) is 0 Å². The minimum Gasteiger partial charge on any atom is -0.472 e. The first-order valence-electron chi connectivity index (χ1n) is 8.72. The van der Waals surface area contributed by atoms with Crippen LogP contribution in [-0.2, 0) is 6.42 Å². The average molecular weight is 368 g/mol. The molecule has 1 fully saturated rings. The third-order valence-corrected chi connectivity index (χ3v) is 5.51. The second kappa shape index (κ2) is 7.29. The van der Waals surface area contributed by atoms with E-state index in [9.17, 15) is 4.79 Å². The van der Waals surface area contributed by atoms with E-state index in [0.29, 0.717) is 18.7 Å². The highest BCUT2D eigenvalue weighted by Crippen LogP contribution is 2.25. The number of amides is 1. The number of aromatic nitrogens is 2. The molecule has 0 atom stereocenters. The van der Waals surface area contributed by atoms with Crippen LogP contribution in [-0.4, -0.2) is 47.0 Å². The Morgan fingerprint density at radius 2 is 2.08 bits per heavy atom.